The zero-order valence-electron chi connectivity index (χ0n) is 11.1. The van der Waals surface area contributed by atoms with Crippen LogP contribution in [0, 0.1) is 5.92 Å². The zero-order valence-corrected chi connectivity index (χ0v) is 11.1. The number of carbonyl (C=O) groups excluding carboxylic acids is 1. The average Bonchev–Trinajstić information content (AvgIpc) is 2.22. The third kappa shape index (κ3) is 11.5. The van der Waals surface area contributed by atoms with Gasteiger partial charge in [0.1, 0.15) is 0 Å². The van der Waals surface area contributed by atoms with Crippen molar-refractivity contribution in [3.05, 3.63) is 0 Å². The summed E-state index contributed by atoms with van der Waals surface area (Å²) in [6.07, 6.45) is 6.45. The van der Waals surface area contributed by atoms with Gasteiger partial charge in [0.25, 0.3) is 0 Å². The van der Waals surface area contributed by atoms with E-state index in [9.17, 15) is 4.79 Å². The fraction of sp³-hybridized carbons (Fsp3) is 0.923. The molecule has 0 aromatic carbocycles. The van der Waals surface area contributed by atoms with Gasteiger partial charge in [0.2, 0.25) is 5.91 Å². The Hall–Kier alpha value is -0.570. The second-order valence-corrected chi connectivity index (χ2v) is 4.73. The van der Waals surface area contributed by atoms with Gasteiger partial charge in [-0.1, -0.05) is 39.5 Å². The topological polar surface area (TPSA) is 41.1 Å². The van der Waals surface area contributed by atoms with Crippen LogP contribution in [-0.2, 0) is 4.79 Å². The monoisotopic (exact) mass is 228 g/mol. The molecule has 0 aromatic heterocycles. The Labute approximate surface area is 100 Å². The molecule has 3 nitrogen and oxygen atoms in total. The van der Waals surface area contributed by atoms with Crippen molar-refractivity contribution in [2.24, 2.45) is 5.92 Å². The fourth-order valence-corrected chi connectivity index (χ4v) is 1.62. The second kappa shape index (κ2) is 10.9. The molecule has 0 aliphatic rings. The maximum atomic E-state index is 11.1. The quantitative estimate of drug-likeness (QED) is 0.563. The van der Waals surface area contributed by atoms with Crippen molar-refractivity contribution >= 4 is 5.91 Å². The first-order chi connectivity index (χ1) is 7.66. The molecule has 0 spiro atoms. The summed E-state index contributed by atoms with van der Waals surface area (Å²) in [5.74, 6) is 0.929. The Balaban J connectivity index is 3.07. The van der Waals surface area contributed by atoms with Crippen molar-refractivity contribution in [3.8, 4) is 0 Å². The number of likely N-dealkylation sites (N-methyl/N-ethyl adjacent to an activating group) is 1. The molecule has 0 aliphatic carbocycles. The summed E-state index contributed by atoms with van der Waals surface area (Å²) in [6.45, 7) is 8.61. The van der Waals surface area contributed by atoms with E-state index in [0.29, 0.717) is 6.54 Å². The largest absolute Gasteiger partial charge is 0.355 e. The molecule has 2 N–H and O–H groups in total. The van der Waals surface area contributed by atoms with E-state index in [2.05, 4.69) is 24.5 Å². The van der Waals surface area contributed by atoms with E-state index < -0.39 is 0 Å². The van der Waals surface area contributed by atoms with Gasteiger partial charge in [-0.15, -0.1) is 0 Å². The first-order valence-corrected chi connectivity index (χ1v) is 6.64. The first-order valence-electron chi connectivity index (χ1n) is 6.64. The van der Waals surface area contributed by atoms with E-state index in [1.165, 1.54) is 32.1 Å². The molecule has 16 heavy (non-hydrogen) atoms. The van der Waals surface area contributed by atoms with Crippen molar-refractivity contribution < 1.29 is 4.79 Å². The molecule has 3 heteroatoms. The Morgan fingerprint density at radius 3 is 2.44 bits per heavy atom. The molecule has 0 fully saturated rings. The highest BCUT2D eigenvalue weighted by Crippen LogP contribution is 2.08. The molecule has 0 saturated heterocycles. The highest BCUT2D eigenvalue weighted by molar-refractivity contribution is 5.77. The highest BCUT2D eigenvalue weighted by atomic mass is 16.1. The maximum Gasteiger partial charge on any atom is 0.233 e. The Morgan fingerprint density at radius 2 is 1.81 bits per heavy atom. The van der Waals surface area contributed by atoms with Crippen molar-refractivity contribution in [3.63, 3.8) is 0 Å². The van der Waals surface area contributed by atoms with Gasteiger partial charge in [0.15, 0.2) is 0 Å². The normalized spacial score (nSPS) is 10.8. The first kappa shape index (κ1) is 15.4. The highest BCUT2D eigenvalue weighted by Gasteiger charge is 1.97. The summed E-state index contributed by atoms with van der Waals surface area (Å²) in [7, 11) is 0. The van der Waals surface area contributed by atoms with Crippen molar-refractivity contribution in [2.45, 2.75) is 52.9 Å². The number of carbonyl (C=O) groups is 1. The third-order valence-corrected chi connectivity index (χ3v) is 2.54. The van der Waals surface area contributed by atoms with Crippen LogP contribution in [-0.4, -0.2) is 25.5 Å². The van der Waals surface area contributed by atoms with E-state index in [1.807, 2.05) is 6.92 Å². The molecule has 0 unspecified atom stereocenters. The van der Waals surface area contributed by atoms with Gasteiger partial charge >= 0.3 is 0 Å². The number of hydrogen-bond acceptors (Lipinski definition) is 2. The van der Waals surface area contributed by atoms with Gasteiger partial charge in [-0.2, -0.15) is 0 Å². The standard InChI is InChI=1S/C13H28N2O/c1-4-15-13(16)11-14-10-8-6-5-7-9-12(2)3/h12,14H,4-11H2,1-3H3,(H,15,16). The Kier molecular flexibility index (Phi) is 10.5. The molecule has 96 valence electrons. The zero-order chi connectivity index (χ0) is 12.2. The van der Waals surface area contributed by atoms with E-state index in [-0.39, 0.29) is 5.91 Å². The lowest BCUT2D eigenvalue weighted by molar-refractivity contribution is -0.120. The molecule has 1 amide bonds. The summed E-state index contributed by atoms with van der Waals surface area (Å²) in [5.41, 5.74) is 0. The Bertz CT molecular complexity index is 169. The lowest BCUT2D eigenvalue weighted by Gasteiger charge is -2.06. The lowest BCUT2D eigenvalue weighted by Crippen LogP contribution is -2.33. The smallest absolute Gasteiger partial charge is 0.233 e. The summed E-state index contributed by atoms with van der Waals surface area (Å²) in [6, 6.07) is 0. The van der Waals surface area contributed by atoms with Crippen molar-refractivity contribution in [1.29, 1.82) is 0 Å². The Morgan fingerprint density at radius 1 is 1.12 bits per heavy atom. The van der Waals surface area contributed by atoms with Crippen LogP contribution in [0.2, 0.25) is 0 Å². The van der Waals surface area contributed by atoms with E-state index in [1.54, 1.807) is 0 Å². The van der Waals surface area contributed by atoms with Crippen LogP contribution in [0.15, 0.2) is 0 Å². The van der Waals surface area contributed by atoms with E-state index in [0.717, 1.165) is 19.0 Å². The van der Waals surface area contributed by atoms with Crippen molar-refractivity contribution in [2.75, 3.05) is 19.6 Å². The maximum absolute atomic E-state index is 11.1. The van der Waals surface area contributed by atoms with Gasteiger partial charge < -0.3 is 10.6 Å². The second-order valence-electron chi connectivity index (χ2n) is 4.73. The molecule has 0 atom stereocenters. The van der Waals surface area contributed by atoms with Gasteiger partial charge in [-0.3, -0.25) is 4.79 Å². The van der Waals surface area contributed by atoms with Crippen LogP contribution in [0.1, 0.15) is 52.9 Å². The minimum Gasteiger partial charge on any atom is -0.355 e. The van der Waals surface area contributed by atoms with Crippen molar-refractivity contribution in [1.82, 2.24) is 10.6 Å². The molecule has 0 heterocycles. The molecule has 0 aliphatic heterocycles. The van der Waals surface area contributed by atoms with Gasteiger partial charge in [-0.05, 0) is 25.8 Å². The number of unbranched alkanes of at least 4 members (excludes halogenated alkanes) is 3. The number of rotatable bonds is 10. The SMILES string of the molecule is CCNC(=O)CNCCCCCCC(C)C. The molecule has 0 radical (unpaired) electrons. The number of nitrogens with one attached hydrogen (secondary N) is 2. The van der Waals surface area contributed by atoms with Gasteiger partial charge in [-0.25, -0.2) is 0 Å². The van der Waals surface area contributed by atoms with Crippen LogP contribution < -0.4 is 10.6 Å². The van der Waals surface area contributed by atoms with E-state index in [4.69, 9.17) is 0 Å². The molecule has 0 rings (SSSR count). The van der Waals surface area contributed by atoms with Crippen LogP contribution in [0.4, 0.5) is 0 Å². The minimum atomic E-state index is 0.0994. The van der Waals surface area contributed by atoms with Gasteiger partial charge in [0.05, 0.1) is 6.54 Å². The number of amides is 1. The fourth-order valence-electron chi connectivity index (χ4n) is 1.62. The van der Waals surface area contributed by atoms with E-state index >= 15 is 0 Å². The molecular weight excluding hydrogens is 200 g/mol. The summed E-state index contributed by atoms with van der Waals surface area (Å²) in [5, 5.41) is 5.93. The summed E-state index contributed by atoms with van der Waals surface area (Å²) < 4.78 is 0. The molecular formula is C13H28N2O. The summed E-state index contributed by atoms with van der Waals surface area (Å²) >= 11 is 0. The van der Waals surface area contributed by atoms with Gasteiger partial charge in [0, 0.05) is 6.54 Å². The predicted molar refractivity (Wildman–Crippen MR) is 69.5 cm³/mol. The third-order valence-electron chi connectivity index (χ3n) is 2.54. The number of hydrogen-bond donors (Lipinski definition) is 2. The summed E-state index contributed by atoms with van der Waals surface area (Å²) in [4.78, 5) is 11.1. The van der Waals surface area contributed by atoms with Crippen LogP contribution in [0.25, 0.3) is 0 Å². The minimum absolute atomic E-state index is 0.0994. The molecule has 0 aromatic rings. The molecule has 0 saturated carbocycles. The van der Waals surface area contributed by atoms with Crippen LogP contribution in [0.5, 0.6) is 0 Å². The predicted octanol–water partition coefficient (Wildman–Crippen LogP) is 2.32. The van der Waals surface area contributed by atoms with Crippen LogP contribution in [0.3, 0.4) is 0 Å². The molecule has 0 bridgehead atoms. The lowest BCUT2D eigenvalue weighted by atomic mass is 10.0. The van der Waals surface area contributed by atoms with Crippen LogP contribution >= 0.6 is 0 Å². The average molecular weight is 228 g/mol.